The first-order valence-electron chi connectivity index (χ1n) is 5.72. The fraction of sp³-hybridized carbons (Fsp3) is 0.0833. The monoisotopic (exact) mass is 308 g/mol. The number of sulfonamides is 1. The molecule has 3 N–H and O–H groups in total. The van der Waals surface area contributed by atoms with Crippen LogP contribution in [0.3, 0.4) is 0 Å². The minimum Gasteiger partial charge on any atom is -0.465 e. The van der Waals surface area contributed by atoms with Crippen molar-refractivity contribution in [2.24, 2.45) is 0 Å². The van der Waals surface area contributed by atoms with Crippen LogP contribution in [0.2, 0.25) is 0 Å². The summed E-state index contributed by atoms with van der Waals surface area (Å²) >= 11 is 0. The maximum absolute atomic E-state index is 12.3. The lowest BCUT2D eigenvalue weighted by atomic mass is 10.2. The molecule has 2 rings (SSSR count). The van der Waals surface area contributed by atoms with E-state index < -0.39 is 16.0 Å². The fourth-order valence-electron chi connectivity index (χ4n) is 1.58. The van der Waals surface area contributed by atoms with Crippen molar-refractivity contribution >= 4 is 27.6 Å². The number of methoxy groups -OCH3 is 1. The van der Waals surface area contributed by atoms with E-state index in [9.17, 15) is 13.2 Å². The summed E-state index contributed by atoms with van der Waals surface area (Å²) in [6.45, 7) is 0. The van der Waals surface area contributed by atoms with Crippen LogP contribution >= 0.6 is 0 Å². The molecule has 110 valence electrons. The van der Waals surface area contributed by atoms with Crippen LogP contribution in [-0.2, 0) is 14.8 Å². The number of nitrogens with one attached hydrogen (secondary N) is 1. The number of nitrogens with zero attached hydrogens (tertiary/aromatic N) is 2. The average Bonchev–Trinajstić information content (AvgIpc) is 2.46. The number of benzene rings is 1. The van der Waals surface area contributed by atoms with E-state index in [-0.39, 0.29) is 22.1 Å². The molecule has 0 bridgehead atoms. The number of hydrogen-bond acceptors (Lipinski definition) is 7. The molecule has 0 amide bonds. The van der Waals surface area contributed by atoms with E-state index in [2.05, 4.69) is 19.4 Å². The van der Waals surface area contributed by atoms with Crippen LogP contribution in [0, 0.1) is 0 Å². The molecule has 0 aliphatic rings. The molecule has 0 aliphatic carbocycles. The van der Waals surface area contributed by atoms with Gasteiger partial charge in [0.1, 0.15) is 4.90 Å². The third-order valence-electron chi connectivity index (χ3n) is 2.49. The van der Waals surface area contributed by atoms with Gasteiger partial charge in [-0.25, -0.2) is 27.9 Å². The first-order valence-corrected chi connectivity index (χ1v) is 7.20. The Kier molecular flexibility index (Phi) is 4.03. The summed E-state index contributed by atoms with van der Waals surface area (Å²) in [4.78, 5) is 18.9. The van der Waals surface area contributed by atoms with Gasteiger partial charge in [0.25, 0.3) is 10.0 Å². The van der Waals surface area contributed by atoms with Crippen LogP contribution in [0.4, 0.5) is 11.6 Å². The molecule has 9 heteroatoms. The Labute approximate surface area is 121 Å². The second-order valence-electron chi connectivity index (χ2n) is 3.93. The van der Waals surface area contributed by atoms with Crippen molar-refractivity contribution in [1.82, 2.24) is 9.97 Å². The Balaban J connectivity index is 2.47. The topological polar surface area (TPSA) is 124 Å². The van der Waals surface area contributed by atoms with Gasteiger partial charge in [0.05, 0.1) is 12.7 Å². The lowest BCUT2D eigenvalue weighted by Gasteiger charge is -2.10. The third-order valence-corrected chi connectivity index (χ3v) is 3.88. The zero-order valence-corrected chi connectivity index (χ0v) is 11.8. The molecule has 0 saturated heterocycles. The highest BCUT2D eigenvalue weighted by molar-refractivity contribution is 7.92. The number of carbonyl (C=O) groups is 1. The zero-order chi connectivity index (χ0) is 15.5. The summed E-state index contributed by atoms with van der Waals surface area (Å²) in [6, 6.07) is 5.35. The molecule has 2 aromatic rings. The van der Waals surface area contributed by atoms with Gasteiger partial charge in [-0.3, -0.25) is 0 Å². The smallest absolute Gasteiger partial charge is 0.339 e. The van der Waals surface area contributed by atoms with Crippen molar-refractivity contribution in [2.45, 2.75) is 4.90 Å². The lowest BCUT2D eigenvalue weighted by Crippen LogP contribution is -2.19. The maximum Gasteiger partial charge on any atom is 0.339 e. The van der Waals surface area contributed by atoms with E-state index in [1.165, 1.54) is 30.6 Å². The summed E-state index contributed by atoms with van der Waals surface area (Å²) in [5.74, 6) is -0.915. The number of ether oxygens (including phenoxy) is 1. The number of esters is 1. The largest absolute Gasteiger partial charge is 0.465 e. The van der Waals surface area contributed by atoms with Crippen LogP contribution < -0.4 is 10.5 Å². The van der Waals surface area contributed by atoms with Crippen LogP contribution in [0.15, 0.2) is 41.6 Å². The fourth-order valence-corrected chi connectivity index (χ4v) is 2.71. The zero-order valence-electron chi connectivity index (χ0n) is 11.0. The first kappa shape index (κ1) is 14.7. The van der Waals surface area contributed by atoms with Gasteiger partial charge in [-0.2, -0.15) is 0 Å². The molecule has 8 nitrogen and oxygen atoms in total. The van der Waals surface area contributed by atoms with Gasteiger partial charge in [0.15, 0.2) is 0 Å². The Morgan fingerprint density at radius 3 is 2.57 bits per heavy atom. The molecular formula is C12H12N4O4S. The summed E-state index contributed by atoms with van der Waals surface area (Å²) in [7, 11) is -2.90. The van der Waals surface area contributed by atoms with Gasteiger partial charge >= 0.3 is 5.97 Å². The van der Waals surface area contributed by atoms with Gasteiger partial charge in [0.2, 0.25) is 5.95 Å². The Morgan fingerprint density at radius 2 is 1.95 bits per heavy atom. The van der Waals surface area contributed by atoms with Gasteiger partial charge in [-0.05, 0) is 24.3 Å². The number of nitrogen functional groups attached to an aromatic ring is 1. The van der Waals surface area contributed by atoms with E-state index in [1.807, 2.05) is 0 Å². The van der Waals surface area contributed by atoms with Crippen LogP contribution in [0.25, 0.3) is 0 Å². The summed E-state index contributed by atoms with van der Waals surface area (Å²) in [5, 5.41) is 0. The van der Waals surface area contributed by atoms with Crippen LogP contribution in [0.5, 0.6) is 0 Å². The lowest BCUT2D eigenvalue weighted by molar-refractivity contribution is 0.0596. The number of rotatable bonds is 4. The standard InChI is InChI=1S/C12H12N4O4S/c1-20-11(17)9-7-8(13)3-4-10(9)21(18,19)16-12-14-5-2-6-15-12/h2-7H,13H2,1H3,(H,14,15,16). The van der Waals surface area contributed by atoms with Crippen molar-refractivity contribution in [3.63, 3.8) is 0 Å². The second-order valence-corrected chi connectivity index (χ2v) is 5.58. The highest BCUT2D eigenvalue weighted by Gasteiger charge is 2.24. The Hall–Kier alpha value is -2.68. The summed E-state index contributed by atoms with van der Waals surface area (Å²) < 4.78 is 31.4. The molecule has 1 aromatic carbocycles. The van der Waals surface area contributed by atoms with E-state index in [4.69, 9.17) is 5.73 Å². The number of anilines is 2. The molecule has 0 aliphatic heterocycles. The second kappa shape index (κ2) is 5.75. The van der Waals surface area contributed by atoms with Crippen molar-refractivity contribution in [2.75, 3.05) is 17.6 Å². The van der Waals surface area contributed by atoms with Crippen LogP contribution in [0.1, 0.15) is 10.4 Å². The van der Waals surface area contributed by atoms with E-state index >= 15 is 0 Å². The minimum atomic E-state index is -4.05. The van der Waals surface area contributed by atoms with Crippen molar-refractivity contribution in [3.05, 3.63) is 42.2 Å². The van der Waals surface area contributed by atoms with Gasteiger partial charge < -0.3 is 10.5 Å². The van der Waals surface area contributed by atoms with E-state index in [0.29, 0.717) is 0 Å². The Morgan fingerprint density at radius 1 is 1.29 bits per heavy atom. The Bertz CT molecular complexity index is 762. The molecule has 0 atom stereocenters. The van der Waals surface area contributed by atoms with Gasteiger partial charge in [0, 0.05) is 18.1 Å². The van der Waals surface area contributed by atoms with Crippen molar-refractivity contribution in [1.29, 1.82) is 0 Å². The van der Waals surface area contributed by atoms with Crippen molar-refractivity contribution in [3.8, 4) is 0 Å². The third kappa shape index (κ3) is 3.26. The predicted molar refractivity (Wildman–Crippen MR) is 75.0 cm³/mol. The SMILES string of the molecule is COC(=O)c1cc(N)ccc1S(=O)(=O)Nc1ncccn1. The maximum atomic E-state index is 12.3. The van der Waals surface area contributed by atoms with Crippen molar-refractivity contribution < 1.29 is 17.9 Å². The molecule has 0 radical (unpaired) electrons. The molecule has 0 fully saturated rings. The number of carbonyl (C=O) groups excluding carboxylic acids is 1. The molecule has 0 spiro atoms. The molecule has 1 heterocycles. The number of nitrogens with two attached hydrogens (primary N) is 1. The highest BCUT2D eigenvalue weighted by Crippen LogP contribution is 2.21. The molecule has 1 aromatic heterocycles. The highest BCUT2D eigenvalue weighted by atomic mass is 32.2. The van der Waals surface area contributed by atoms with E-state index in [1.54, 1.807) is 6.07 Å². The average molecular weight is 308 g/mol. The van der Waals surface area contributed by atoms with Gasteiger partial charge in [-0.15, -0.1) is 0 Å². The first-order chi connectivity index (χ1) is 9.94. The predicted octanol–water partition coefficient (Wildman–Crippen LogP) is 0.646. The molecule has 0 unspecified atom stereocenters. The van der Waals surface area contributed by atoms with E-state index in [0.717, 1.165) is 7.11 Å². The molecule has 21 heavy (non-hydrogen) atoms. The quantitative estimate of drug-likeness (QED) is 0.627. The summed E-state index contributed by atoms with van der Waals surface area (Å²) in [6.07, 6.45) is 2.77. The van der Waals surface area contributed by atoms with Crippen LogP contribution in [-0.4, -0.2) is 31.5 Å². The summed E-state index contributed by atoms with van der Waals surface area (Å²) in [5.41, 5.74) is 5.64. The molecule has 0 saturated carbocycles. The number of hydrogen-bond donors (Lipinski definition) is 2. The minimum absolute atomic E-state index is 0.106. The normalized spacial score (nSPS) is 10.9. The number of aromatic nitrogens is 2. The molecular weight excluding hydrogens is 296 g/mol. The van der Waals surface area contributed by atoms with Gasteiger partial charge in [-0.1, -0.05) is 0 Å².